The minimum atomic E-state index is -2.79. The van der Waals surface area contributed by atoms with Crippen LogP contribution in [-0.4, -0.2) is 45.1 Å². The lowest BCUT2D eigenvalue weighted by Crippen LogP contribution is -2.45. The molecule has 10 heteroatoms. The summed E-state index contributed by atoms with van der Waals surface area (Å²) in [5, 5.41) is 27.9. The molecule has 0 aliphatic carbocycles. The number of carboxylic acid groups (broad SMARTS) is 2. The molecule has 0 fully saturated rings. The van der Waals surface area contributed by atoms with Crippen molar-refractivity contribution in [3.05, 3.63) is 52.2 Å². The van der Waals surface area contributed by atoms with Gasteiger partial charge >= 0.3 is 17.9 Å². The number of carboxylic acids is 2. The molecular formula is C21H25NO8S. The lowest BCUT2D eigenvalue weighted by molar-refractivity contribution is -0.174. The van der Waals surface area contributed by atoms with E-state index in [1.54, 1.807) is 19.1 Å². The Balaban J connectivity index is 2.14. The average Bonchev–Trinajstić information content (AvgIpc) is 3.08. The smallest absolute Gasteiger partial charge is 0.336 e. The van der Waals surface area contributed by atoms with Crippen LogP contribution in [0.4, 0.5) is 0 Å². The van der Waals surface area contributed by atoms with Gasteiger partial charge in [0.2, 0.25) is 0 Å². The van der Waals surface area contributed by atoms with E-state index >= 15 is 0 Å². The number of benzene rings is 1. The third-order valence-electron chi connectivity index (χ3n) is 4.50. The molecule has 1 aromatic carbocycles. The molecule has 168 valence electrons. The molecule has 1 heterocycles. The third kappa shape index (κ3) is 6.78. The number of thiophene rings is 1. The number of hydrogen-bond acceptors (Lipinski definition) is 8. The van der Waals surface area contributed by atoms with Crippen molar-refractivity contribution in [2.45, 2.75) is 50.5 Å². The van der Waals surface area contributed by atoms with E-state index < -0.39 is 48.2 Å². The van der Waals surface area contributed by atoms with Crippen molar-refractivity contribution >= 4 is 29.2 Å². The second-order valence-corrected chi connectivity index (χ2v) is 8.66. The first kappa shape index (κ1) is 24.3. The largest absolute Gasteiger partial charge is 0.482 e. The second-order valence-electron chi connectivity index (χ2n) is 7.37. The van der Waals surface area contributed by atoms with Crippen molar-refractivity contribution in [2.75, 3.05) is 0 Å². The topological polar surface area (TPSA) is 156 Å². The maximum absolute atomic E-state index is 12.2. The summed E-state index contributed by atoms with van der Waals surface area (Å²) in [4.78, 5) is 36.1. The molecule has 0 spiro atoms. The van der Waals surface area contributed by atoms with Crippen LogP contribution in [0.2, 0.25) is 0 Å². The molecule has 2 aromatic rings. The Morgan fingerprint density at radius 1 is 1.10 bits per heavy atom. The second kappa shape index (κ2) is 9.90. The normalized spacial score (nSPS) is 15.9. The SMILES string of the molecule is Cc1ccc(C(C)(CC(N)OC(=O)CC(O)(CC(=O)O)C(=O)O)Oc2ccccc2)s1. The minimum Gasteiger partial charge on any atom is -0.482 e. The molecule has 5 N–H and O–H groups in total. The number of rotatable bonds is 11. The van der Waals surface area contributed by atoms with Crippen molar-refractivity contribution in [3.63, 3.8) is 0 Å². The van der Waals surface area contributed by atoms with Gasteiger partial charge in [-0.25, -0.2) is 4.79 Å². The van der Waals surface area contributed by atoms with Gasteiger partial charge in [0, 0.05) is 16.2 Å². The molecule has 0 radical (unpaired) electrons. The summed E-state index contributed by atoms with van der Waals surface area (Å²) >= 11 is 1.49. The number of aryl methyl sites for hydroxylation is 1. The van der Waals surface area contributed by atoms with Gasteiger partial charge < -0.3 is 24.8 Å². The lowest BCUT2D eigenvalue weighted by Gasteiger charge is -2.32. The summed E-state index contributed by atoms with van der Waals surface area (Å²) in [5.74, 6) is -3.97. The average molecular weight is 451 g/mol. The highest BCUT2D eigenvalue weighted by Gasteiger charge is 2.42. The Morgan fingerprint density at radius 2 is 1.74 bits per heavy atom. The fourth-order valence-corrected chi connectivity index (χ4v) is 3.96. The maximum Gasteiger partial charge on any atom is 0.336 e. The fourth-order valence-electron chi connectivity index (χ4n) is 3.00. The third-order valence-corrected chi connectivity index (χ3v) is 5.75. The van der Waals surface area contributed by atoms with E-state index in [0.29, 0.717) is 5.75 Å². The molecule has 0 bridgehead atoms. The Labute approximate surface area is 183 Å². The molecule has 0 saturated carbocycles. The van der Waals surface area contributed by atoms with E-state index in [1.807, 2.05) is 37.3 Å². The van der Waals surface area contributed by atoms with Crippen molar-refractivity contribution in [2.24, 2.45) is 5.73 Å². The highest BCUT2D eigenvalue weighted by molar-refractivity contribution is 7.12. The van der Waals surface area contributed by atoms with E-state index in [2.05, 4.69) is 0 Å². The predicted octanol–water partition coefficient (Wildman–Crippen LogP) is 2.25. The molecule has 3 atom stereocenters. The summed E-state index contributed by atoms with van der Waals surface area (Å²) < 4.78 is 11.2. The number of aliphatic carboxylic acids is 2. The molecule has 0 aliphatic rings. The number of carbonyl (C=O) groups is 3. The first-order valence-corrected chi connectivity index (χ1v) is 10.2. The Bertz CT molecular complexity index is 930. The molecular weight excluding hydrogens is 426 g/mol. The van der Waals surface area contributed by atoms with Gasteiger partial charge in [-0.15, -0.1) is 11.3 Å². The zero-order valence-corrected chi connectivity index (χ0v) is 17.9. The van der Waals surface area contributed by atoms with Gasteiger partial charge in [0.1, 0.15) is 11.4 Å². The van der Waals surface area contributed by atoms with Gasteiger partial charge in [-0.2, -0.15) is 0 Å². The molecule has 31 heavy (non-hydrogen) atoms. The van der Waals surface area contributed by atoms with E-state index in [4.69, 9.17) is 25.4 Å². The highest BCUT2D eigenvalue weighted by atomic mass is 32.1. The van der Waals surface area contributed by atoms with Crippen LogP contribution in [0, 0.1) is 6.92 Å². The summed E-state index contributed by atoms with van der Waals surface area (Å²) in [7, 11) is 0. The molecule has 0 amide bonds. The quantitative estimate of drug-likeness (QED) is 0.297. The number of carbonyl (C=O) groups excluding carboxylic acids is 1. The summed E-state index contributed by atoms with van der Waals surface area (Å²) in [6.45, 7) is 3.73. The first-order valence-electron chi connectivity index (χ1n) is 9.37. The maximum atomic E-state index is 12.2. The van der Waals surface area contributed by atoms with Gasteiger partial charge in [-0.1, -0.05) is 18.2 Å². The predicted molar refractivity (Wildman–Crippen MR) is 112 cm³/mol. The Morgan fingerprint density at radius 3 is 2.26 bits per heavy atom. The summed E-state index contributed by atoms with van der Waals surface area (Å²) in [5.41, 5.74) is 2.23. The van der Waals surface area contributed by atoms with Crippen LogP contribution in [0.25, 0.3) is 0 Å². The fraction of sp³-hybridized carbons (Fsp3) is 0.381. The lowest BCUT2D eigenvalue weighted by atomic mass is 9.95. The van der Waals surface area contributed by atoms with Crippen molar-refractivity contribution in [1.82, 2.24) is 0 Å². The van der Waals surface area contributed by atoms with Crippen molar-refractivity contribution < 1.29 is 39.2 Å². The molecule has 0 aliphatic heterocycles. The van der Waals surface area contributed by atoms with Gasteiger partial charge in [-0.05, 0) is 38.1 Å². The van der Waals surface area contributed by atoms with Crippen molar-refractivity contribution in [1.29, 1.82) is 0 Å². The number of hydrogen-bond donors (Lipinski definition) is 4. The number of nitrogens with two attached hydrogens (primary N) is 1. The van der Waals surface area contributed by atoms with E-state index in [1.165, 1.54) is 11.3 Å². The highest BCUT2D eigenvalue weighted by Crippen LogP contribution is 2.36. The van der Waals surface area contributed by atoms with E-state index in [-0.39, 0.29) is 6.42 Å². The van der Waals surface area contributed by atoms with Gasteiger partial charge in [0.25, 0.3) is 0 Å². The molecule has 1 aromatic heterocycles. The van der Waals surface area contributed by atoms with Crippen molar-refractivity contribution in [3.8, 4) is 5.75 Å². The van der Waals surface area contributed by atoms with Gasteiger partial charge in [0.15, 0.2) is 11.8 Å². The summed E-state index contributed by atoms with van der Waals surface area (Å²) in [6, 6.07) is 12.8. The van der Waals surface area contributed by atoms with E-state index in [0.717, 1.165) is 9.75 Å². The van der Waals surface area contributed by atoms with Crippen LogP contribution in [-0.2, 0) is 24.7 Å². The van der Waals surface area contributed by atoms with Crippen LogP contribution < -0.4 is 10.5 Å². The number of ether oxygens (including phenoxy) is 2. The van der Waals surface area contributed by atoms with Gasteiger partial charge in [-0.3, -0.25) is 15.3 Å². The van der Waals surface area contributed by atoms with Crippen LogP contribution in [0.15, 0.2) is 42.5 Å². The zero-order chi connectivity index (χ0) is 23.2. The molecule has 0 saturated heterocycles. The number of para-hydroxylation sites is 1. The van der Waals surface area contributed by atoms with Gasteiger partial charge in [0.05, 0.1) is 12.8 Å². The van der Waals surface area contributed by atoms with Crippen LogP contribution in [0.1, 0.15) is 35.9 Å². The Hall–Kier alpha value is -2.95. The summed E-state index contributed by atoms with van der Waals surface area (Å²) in [6.07, 6.45) is -3.39. The number of aliphatic hydroxyl groups is 1. The van der Waals surface area contributed by atoms with Crippen LogP contribution >= 0.6 is 11.3 Å². The van der Waals surface area contributed by atoms with Crippen LogP contribution in [0.5, 0.6) is 5.75 Å². The number of esters is 1. The van der Waals surface area contributed by atoms with Crippen LogP contribution in [0.3, 0.4) is 0 Å². The molecule has 9 nitrogen and oxygen atoms in total. The first-order chi connectivity index (χ1) is 14.4. The minimum absolute atomic E-state index is 0.0258. The molecule has 2 rings (SSSR count). The molecule has 3 unspecified atom stereocenters. The monoisotopic (exact) mass is 451 g/mol. The Kier molecular flexibility index (Phi) is 7.77. The zero-order valence-electron chi connectivity index (χ0n) is 17.1. The van der Waals surface area contributed by atoms with E-state index in [9.17, 15) is 19.5 Å². The standard InChI is InChI=1S/C21H25NO8S/c1-13-8-9-15(31-13)20(2,30-14-6-4-3-5-7-14)10-16(22)29-18(25)12-21(28,19(26)27)11-17(23)24/h3-9,16,28H,10-12,22H2,1-2H3,(H,23,24)(H,26,27).